The summed E-state index contributed by atoms with van der Waals surface area (Å²) < 4.78 is 0. The van der Waals surface area contributed by atoms with Gasteiger partial charge in [0.25, 0.3) is 0 Å². The SMILES string of the molecule is CO/N=C1\CNCCC1N.Cl.Cl. The Morgan fingerprint density at radius 2 is 2.25 bits per heavy atom. The van der Waals surface area contributed by atoms with Gasteiger partial charge in [-0.2, -0.15) is 0 Å². The van der Waals surface area contributed by atoms with Crippen molar-refractivity contribution in [1.29, 1.82) is 0 Å². The molecule has 1 aliphatic heterocycles. The summed E-state index contributed by atoms with van der Waals surface area (Å²) in [6.45, 7) is 1.74. The number of nitrogens with one attached hydrogen (secondary N) is 1. The van der Waals surface area contributed by atoms with Crippen molar-refractivity contribution in [2.24, 2.45) is 10.9 Å². The van der Waals surface area contributed by atoms with Crippen LogP contribution in [0.25, 0.3) is 0 Å². The summed E-state index contributed by atoms with van der Waals surface area (Å²) in [7, 11) is 1.54. The summed E-state index contributed by atoms with van der Waals surface area (Å²) >= 11 is 0. The molecule has 6 heteroatoms. The highest BCUT2D eigenvalue weighted by Gasteiger charge is 2.15. The maximum atomic E-state index is 5.71. The van der Waals surface area contributed by atoms with Gasteiger partial charge in [0, 0.05) is 12.6 Å². The fourth-order valence-electron chi connectivity index (χ4n) is 0.989. The Labute approximate surface area is 84.7 Å². The van der Waals surface area contributed by atoms with Gasteiger partial charge in [0.2, 0.25) is 0 Å². The first kappa shape index (κ1) is 14.5. The van der Waals surface area contributed by atoms with Gasteiger partial charge >= 0.3 is 0 Å². The van der Waals surface area contributed by atoms with Gasteiger partial charge < -0.3 is 15.9 Å². The number of oxime groups is 1. The smallest absolute Gasteiger partial charge is 0.106 e. The quantitative estimate of drug-likeness (QED) is 0.613. The highest BCUT2D eigenvalue weighted by Crippen LogP contribution is 1.96. The third-order valence-corrected chi connectivity index (χ3v) is 1.57. The van der Waals surface area contributed by atoms with Crippen molar-refractivity contribution < 1.29 is 4.84 Å². The minimum absolute atomic E-state index is 0. The van der Waals surface area contributed by atoms with E-state index in [1.165, 1.54) is 7.11 Å². The number of rotatable bonds is 1. The molecule has 0 amide bonds. The highest BCUT2D eigenvalue weighted by molar-refractivity contribution is 5.91. The summed E-state index contributed by atoms with van der Waals surface area (Å²) in [5, 5.41) is 6.95. The largest absolute Gasteiger partial charge is 0.399 e. The molecule has 1 aliphatic rings. The van der Waals surface area contributed by atoms with Crippen molar-refractivity contribution >= 4 is 30.5 Å². The molecular weight excluding hydrogens is 201 g/mol. The van der Waals surface area contributed by atoms with Crippen molar-refractivity contribution in [2.45, 2.75) is 12.5 Å². The number of hydrogen-bond acceptors (Lipinski definition) is 4. The third-order valence-electron chi connectivity index (χ3n) is 1.57. The Morgan fingerprint density at radius 3 is 2.75 bits per heavy atom. The predicted molar refractivity (Wildman–Crippen MR) is 54.4 cm³/mol. The number of nitrogens with zero attached hydrogens (tertiary/aromatic N) is 1. The lowest BCUT2D eigenvalue weighted by Gasteiger charge is -2.19. The maximum Gasteiger partial charge on any atom is 0.106 e. The maximum absolute atomic E-state index is 5.71. The zero-order valence-electron chi connectivity index (χ0n) is 6.95. The van der Waals surface area contributed by atoms with Gasteiger partial charge in [0.1, 0.15) is 7.11 Å². The lowest BCUT2D eigenvalue weighted by atomic mass is 10.1. The van der Waals surface area contributed by atoms with Crippen LogP contribution in [-0.2, 0) is 4.84 Å². The fraction of sp³-hybridized carbons (Fsp3) is 0.833. The number of halogens is 2. The predicted octanol–water partition coefficient (Wildman–Crippen LogP) is 0.153. The molecule has 0 saturated carbocycles. The molecule has 0 aliphatic carbocycles. The Morgan fingerprint density at radius 1 is 1.58 bits per heavy atom. The second-order valence-corrected chi connectivity index (χ2v) is 2.34. The van der Waals surface area contributed by atoms with E-state index in [-0.39, 0.29) is 30.9 Å². The van der Waals surface area contributed by atoms with Crippen LogP contribution in [0.4, 0.5) is 0 Å². The Balaban J connectivity index is 0. The summed E-state index contributed by atoms with van der Waals surface area (Å²) in [6.07, 6.45) is 0.947. The molecule has 1 unspecified atom stereocenters. The third kappa shape index (κ3) is 4.11. The first-order chi connectivity index (χ1) is 4.84. The average Bonchev–Trinajstić information content (AvgIpc) is 1.94. The van der Waals surface area contributed by atoms with E-state index in [9.17, 15) is 0 Å². The first-order valence-corrected chi connectivity index (χ1v) is 3.41. The van der Waals surface area contributed by atoms with Crippen molar-refractivity contribution in [1.82, 2.24) is 5.32 Å². The molecule has 12 heavy (non-hydrogen) atoms. The van der Waals surface area contributed by atoms with Gasteiger partial charge in [-0.3, -0.25) is 0 Å². The van der Waals surface area contributed by atoms with Gasteiger partial charge in [-0.25, -0.2) is 0 Å². The van der Waals surface area contributed by atoms with E-state index in [1.807, 2.05) is 0 Å². The van der Waals surface area contributed by atoms with Crippen LogP contribution >= 0.6 is 24.8 Å². The van der Waals surface area contributed by atoms with Crippen LogP contribution in [0.15, 0.2) is 5.16 Å². The van der Waals surface area contributed by atoms with Crippen LogP contribution in [0.2, 0.25) is 0 Å². The summed E-state index contributed by atoms with van der Waals surface area (Å²) in [5.74, 6) is 0. The Hall–Kier alpha value is -0.0300. The molecule has 0 spiro atoms. The van der Waals surface area contributed by atoms with Crippen LogP contribution in [0.5, 0.6) is 0 Å². The van der Waals surface area contributed by atoms with Crippen molar-refractivity contribution in [3.63, 3.8) is 0 Å². The van der Waals surface area contributed by atoms with Crippen LogP contribution in [-0.4, -0.2) is 32.0 Å². The Kier molecular flexibility index (Phi) is 9.19. The van der Waals surface area contributed by atoms with Crippen molar-refractivity contribution in [2.75, 3.05) is 20.2 Å². The molecule has 0 bridgehead atoms. The van der Waals surface area contributed by atoms with Gasteiger partial charge in [0.05, 0.1) is 5.71 Å². The molecule has 0 aromatic carbocycles. The molecule has 1 heterocycles. The molecule has 4 nitrogen and oxygen atoms in total. The molecule has 1 fully saturated rings. The zero-order chi connectivity index (χ0) is 7.40. The fourth-order valence-corrected chi connectivity index (χ4v) is 0.989. The van der Waals surface area contributed by atoms with Crippen molar-refractivity contribution in [3.8, 4) is 0 Å². The van der Waals surface area contributed by atoms with Crippen LogP contribution in [0, 0.1) is 0 Å². The van der Waals surface area contributed by atoms with Crippen LogP contribution < -0.4 is 11.1 Å². The minimum atomic E-state index is 0. The lowest BCUT2D eigenvalue weighted by Crippen LogP contribution is -2.45. The second kappa shape index (κ2) is 7.61. The van der Waals surface area contributed by atoms with E-state index in [0.29, 0.717) is 0 Å². The van der Waals surface area contributed by atoms with E-state index < -0.39 is 0 Å². The molecule has 1 rings (SSSR count). The standard InChI is InChI=1S/C6H13N3O.2ClH/c1-10-9-6-4-8-3-2-5(6)7;;/h5,8H,2-4,7H2,1H3;2*1H/b9-6+;;. The van der Waals surface area contributed by atoms with Gasteiger partial charge in [-0.15, -0.1) is 24.8 Å². The van der Waals surface area contributed by atoms with E-state index in [1.54, 1.807) is 0 Å². The van der Waals surface area contributed by atoms with E-state index >= 15 is 0 Å². The monoisotopic (exact) mass is 215 g/mol. The van der Waals surface area contributed by atoms with Crippen molar-refractivity contribution in [3.05, 3.63) is 0 Å². The molecular formula is C6H15Cl2N3O. The highest BCUT2D eigenvalue weighted by atomic mass is 35.5. The lowest BCUT2D eigenvalue weighted by molar-refractivity contribution is 0.210. The topological polar surface area (TPSA) is 59.6 Å². The summed E-state index contributed by atoms with van der Waals surface area (Å²) in [5.41, 5.74) is 6.63. The van der Waals surface area contributed by atoms with Gasteiger partial charge in [0.15, 0.2) is 0 Å². The molecule has 3 N–H and O–H groups in total. The molecule has 0 aromatic rings. The molecule has 1 saturated heterocycles. The molecule has 74 valence electrons. The van der Waals surface area contributed by atoms with E-state index in [4.69, 9.17) is 5.73 Å². The molecule has 0 radical (unpaired) electrons. The number of hydrogen-bond donors (Lipinski definition) is 2. The molecule has 0 aromatic heterocycles. The minimum Gasteiger partial charge on any atom is -0.399 e. The van der Waals surface area contributed by atoms with Crippen LogP contribution in [0.1, 0.15) is 6.42 Å². The number of piperidine rings is 1. The van der Waals surface area contributed by atoms with E-state index in [0.717, 1.165) is 25.2 Å². The average molecular weight is 216 g/mol. The normalized spacial score (nSPS) is 25.5. The number of nitrogens with two attached hydrogens (primary N) is 1. The second-order valence-electron chi connectivity index (χ2n) is 2.34. The van der Waals surface area contributed by atoms with Gasteiger partial charge in [-0.05, 0) is 13.0 Å². The van der Waals surface area contributed by atoms with E-state index in [2.05, 4.69) is 15.3 Å². The van der Waals surface area contributed by atoms with Crippen LogP contribution in [0.3, 0.4) is 0 Å². The molecule has 1 atom stereocenters. The Bertz CT molecular complexity index is 143. The van der Waals surface area contributed by atoms with Gasteiger partial charge in [-0.1, -0.05) is 5.16 Å². The summed E-state index contributed by atoms with van der Waals surface area (Å²) in [4.78, 5) is 4.62. The zero-order valence-corrected chi connectivity index (χ0v) is 8.58. The first-order valence-electron chi connectivity index (χ1n) is 3.41. The summed E-state index contributed by atoms with van der Waals surface area (Å²) in [6, 6.07) is 0.0844.